The molecule has 0 radical (unpaired) electrons. The Hall–Kier alpha value is -10.3. The van der Waals surface area contributed by atoms with Crippen molar-refractivity contribution in [3.05, 3.63) is 285 Å². The summed E-state index contributed by atoms with van der Waals surface area (Å²) in [6.45, 7) is 0.563. The lowest BCUT2D eigenvalue weighted by Gasteiger charge is -2.27. The van der Waals surface area contributed by atoms with Gasteiger partial charge in [-0.2, -0.15) is 0 Å². The SMILES string of the molecule is C1=C\C(n2c3ccccc3c3ccccc32)=C/Cc2cc(-c3ccccc3)ccc2N(c2cc(-n3c4ccc(-c5ccccc5)cc4c4cc(-n5c6ccccc6c6ccccc65)ccc43)nc(-c3ccccc3)n2)C/C=C/1. The average Bonchev–Trinajstić information content (AvgIpc) is 4.16. The average molecular weight is 999 g/mol. The molecule has 0 saturated carbocycles. The van der Waals surface area contributed by atoms with Gasteiger partial charge in [0.2, 0.25) is 0 Å². The van der Waals surface area contributed by atoms with Gasteiger partial charge in [0.15, 0.2) is 5.82 Å². The van der Waals surface area contributed by atoms with Crippen LogP contribution in [0, 0.1) is 0 Å². The number of benzene rings is 10. The molecule has 10 aromatic carbocycles. The van der Waals surface area contributed by atoms with Gasteiger partial charge in [0.25, 0.3) is 0 Å². The van der Waals surface area contributed by atoms with Gasteiger partial charge in [-0.05, 0) is 107 Å². The van der Waals surface area contributed by atoms with Gasteiger partial charge in [0, 0.05) is 67.6 Å². The number of fused-ring (bicyclic) bond motifs is 10. The summed E-state index contributed by atoms with van der Waals surface area (Å²) in [6, 6.07) is 89.6. The molecule has 0 spiro atoms. The molecule has 14 aromatic rings. The molecule has 0 bridgehead atoms. The molecule has 5 heterocycles. The van der Waals surface area contributed by atoms with Gasteiger partial charge in [0.1, 0.15) is 11.6 Å². The number of anilines is 2. The van der Waals surface area contributed by atoms with Crippen molar-refractivity contribution in [1.82, 2.24) is 23.7 Å². The van der Waals surface area contributed by atoms with Crippen LogP contribution in [-0.2, 0) is 6.42 Å². The minimum Gasteiger partial charge on any atom is -0.322 e. The first-order chi connectivity index (χ1) is 38.7. The second-order valence-corrected chi connectivity index (χ2v) is 20.1. The fourth-order valence-electron chi connectivity index (χ4n) is 12.0. The van der Waals surface area contributed by atoms with Crippen molar-refractivity contribution in [2.45, 2.75) is 6.42 Å². The Bertz CT molecular complexity index is 4620. The monoisotopic (exact) mass is 998 g/mol. The van der Waals surface area contributed by atoms with Crippen LogP contribution in [0.25, 0.3) is 116 Å². The van der Waals surface area contributed by atoms with Crippen molar-refractivity contribution < 1.29 is 0 Å². The van der Waals surface area contributed by atoms with Crippen LogP contribution in [-0.4, -0.2) is 30.2 Å². The van der Waals surface area contributed by atoms with E-state index in [9.17, 15) is 0 Å². The van der Waals surface area contributed by atoms with Crippen LogP contribution in [0.1, 0.15) is 5.56 Å². The van der Waals surface area contributed by atoms with E-state index in [0.29, 0.717) is 18.8 Å². The van der Waals surface area contributed by atoms with E-state index in [1.807, 2.05) is 6.07 Å². The van der Waals surface area contributed by atoms with Gasteiger partial charge in [-0.15, -0.1) is 0 Å². The molecule has 6 nitrogen and oxygen atoms in total. The van der Waals surface area contributed by atoms with E-state index < -0.39 is 0 Å². The summed E-state index contributed by atoms with van der Waals surface area (Å²) in [5.74, 6) is 2.23. The molecule has 0 aliphatic carbocycles. The van der Waals surface area contributed by atoms with E-state index in [-0.39, 0.29) is 0 Å². The summed E-state index contributed by atoms with van der Waals surface area (Å²) in [5, 5.41) is 7.23. The van der Waals surface area contributed by atoms with Gasteiger partial charge in [-0.3, -0.25) is 4.57 Å². The minimum absolute atomic E-state index is 0.563. The zero-order valence-corrected chi connectivity index (χ0v) is 42.7. The molecular formula is C72H50N6. The Morgan fingerprint density at radius 3 is 1.44 bits per heavy atom. The summed E-state index contributed by atoms with van der Waals surface area (Å²) in [4.78, 5) is 13.4. The fourth-order valence-corrected chi connectivity index (χ4v) is 12.0. The van der Waals surface area contributed by atoms with Crippen LogP contribution < -0.4 is 4.90 Å². The predicted octanol–water partition coefficient (Wildman–Crippen LogP) is 18.1. The molecule has 0 fully saturated rings. The number of aromatic nitrogens is 5. The standard InChI is InChI=1S/C72H50N6/c1-5-21-49(22-6-1)52-37-41-63-54(45-52)36-39-55(76-64-32-16-12-28-57(64)58-29-13-17-33-65(58)76)27-11-4-20-44-75(63)70-48-71(74-72(73-70)51-25-9-3-10-26-51)78-68-42-38-53(50-23-7-2-8-24-50)46-61(68)62-47-56(40-43-69(62)78)77-66-34-18-14-30-59(66)60-31-15-19-35-67(60)77/h1-35,37-43,45-48H,36,44H2/b20-4+,27-11-,55-39+. The normalized spacial score (nSPS) is 14.5. The maximum absolute atomic E-state index is 5.54. The summed E-state index contributed by atoms with van der Waals surface area (Å²) >= 11 is 0. The van der Waals surface area contributed by atoms with Gasteiger partial charge < -0.3 is 14.0 Å². The minimum atomic E-state index is 0.563. The van der Waals surface area contributed by atoms with Crippen LogP contribution in [0.15, 0.2) is 279 Å². The summed E-state index contributed by atoms with van der Waals surface area (Å²) in [5.41, 5.74) is 16.9. The third kappa shape index (κ3) is 7.64. The summed E-state index contributed by atoms with van der Waals surface area (Å²) in [7, 11) is 0. The van der Waals surface area contributed by atoms with Gasteiger partial charge in [-0.1, -0.05) is 200 Å². The molecule has 0 atom stereocenters. The molecule has 0 saturated heterocycles. The van der Waals surface area contributed by atoms with Gasteiger partial charge >= 0.3 is 0 Å². The highest BCUT2D eigenvalue weighted by molar-refractivity contribution is 6.13. The van der Waals surface area contributed by atoms with Gasteiger partial charge in [-0.25, -0.2) is 9.97 Å². The zero-order valence-electron chi connectivity index (χ0n) is 42.7. The van der Waals surface area contributed by atoms with E-state index in [1.165, 1.54) is 60.3 Å². The first-order valence-corrected chi connectivity index (χ1v) is 26.8. The topological polar surface area (TPSA) is 43.8 Å². The van der Waals surface area contributed by atoms with Crippen molar-refractivity contribution in [3.63, 3.8) is 0 Å². The number of para-hydroxylation sites is 4. The van der Waals surface area contributed by atoms with Crippen LogP contribution in [0.5, 0.6) is 0 Å². The van der Waals surface area contributed by atoms with Crippen molar-refractivity contribution >= 4 is 82.6 Å². The Morgan fingerprint density at radius 1 is 0.333 bits per heavy atom. The molecule has 78 heavy (non-hydrogen) atoms. The summed E-state index contributed by atoms with van der Waals surface area (Å²) < 4.78 is 7.16. The molecule has 1 aliphatic heterocycles. The van der Waals surface area contributed by atoms with E-state index in [0.717, 1.165) is 67.2 Å². The molecule has 6 heteroatoms. The molecule has 368 valence electrons. The number of allylic oxidation sites excluding steroid dienone is 5. The largest absolute Gasteiger partial charge is 0.322 e. The highest BCUT2D eigenvalue weighted by Crippen LogP contribution is 2.41. The highest BCUT2D eigenvalue weighted by atomic mass is 15.2. The zero-order chi connectivity index (χ0) is 51.5. The second-order valence-electron chi connectivity index (χ2n) is 20.1. The van der Waals surface area contributed by atoms with Crippen molar-refractivity contribution in [2.24, 2.45) is 0 Å². The van der Waals surface area contributed by atoms with E-state index >= 15 is 0 Å². The Balaban J connectivity index is 0.947. The molecule has 4 aromatic heterocycles. The Morgan fingerprint density at radius 2 is 0.821 bits per heavy atom. The second kappa shape index (κ2) is 18.8. The van der Waals surface area contributed by atoms with Crippen molar-refractivity contribution in [3.8, 4) is 45.1 Å². The smallest absolute Gasteiger partial charge is 0.163 e. The summed E-state index contributed by atoms with van der Waals surface area (Å²) in [6.07, 6.45) is 11.9. The predicted molar refractivity (Wildman–Crippen MR) is 326 cm³/mol. The molecule has 0 unspecified atom stereocenters. The van der Waals surface area contributed by atoms with E-state index in [4.69, 9.17) is 9.97 Å². The maximum Gasteiger partial charge on any atom is 0.163 e. The maximum atomic E-state index is 5.54. The van der Waals surface area contributed by atoms with Crippen LogP contribution in [0.3, 0.4) is 0 Å². The van der Waals surface area contributed by atoms with Crippen molar-refractivity contribution in [2.75, 3.05) is 11.4 Å². The lowest BCUT2D eigenvalue weighted by molar-refractivity contribution is 0.985. The van der Waals surface area contributed by atoms with Gasteiger partial charge in [0.05, 0.1) is 33.1 Å². The third-order valence-electron chi connectivity index (χ3n) is 15.6. The quantitative estimate of drug-likeness (QED) is 0.160. The van der Waals surface area contributed by atoms with E-state index in [2.05, 4.69) is 292 Å². The van der Waals surface area contributed by atoms with Crippen LogP contribution in [0.2, 0.25) is 0 Å². The lowest BCUT2D eigenvalue weighted by Crippen LogP contribution is -2.21. The Kier molecular flexibility index (Phi) is 10.9. The fraction of sp³-hybridized carbons (Fsp3) is 0.0278. The molecular weight excluding hydrogens is 949 g/mol. The van der Waals surface area contributed by atoms with Crippen LogP contribution in [0.4, 0.5) is 11.5 Å². The molecule has 0 N–H and O–H groups in total. The number of nitrogens with zero attached hydrogens (tertiary/aromatic N) is 6. The number of hydrogen-bond acceptors (Lipinski definition) is 3. The van der Waals surface area contributed by atoms with Crippen LogP contribution >= 0.6 is 0 Å². The van der Waals surface area contributed by atoms with Crippen molar-refractivity contribution in [1.29, 1.82) is 0 Å². The Labute approximate surface area is 451 Å². The molecule has 15 rings (SSSR count). The first kappa shape index (κ1) is 45.1. The highest BCUT2D eigenvalue weighted by Gasteiger charge is 2.23. The first-order valence-electron chi connectivity index (χ1n) is 26.8. The number of hydrogen-bond donors (Lipinski definition) is 0. The number of rotatable bonds is 7. The van der Waals surface area contributed by atoms with E-state index in [1.54, 1.807) is 0 Å². The third-order valence-corrected chi connectivity index (χ3v) is 15.6. The lowest BCUT2D eigenvalue weighted by atomic mass is 9.99. The molecule has 0 amide bonds. The molecule has 1 aliphatic rings.